The zero-order chi connectivity index (χ0) is 15.6. The van der Waals surface area contributed by atoms with Gasteiger partial charge in [-0.1, -0.05) is 0 Å². The number of nitrogens with two attached hydrogens (primary N) is 1. The minimum absolute atomic E-state index is 0.0754. The molecule has 1 aromatic heterocycles. The molecule has 0 saturated carbocycles. The molecule has 1 aromatic carbocycles. The molecule has 0 aliphatic rings. The Labute approximate surface area is 119 Å². The van der Waals surface area contributed by atoms with Crippen molar-refractivity contribution >= 4 is 17.3 Å². The first-order chi connectivity index (χ1) is 9.88. The Kier molecular flexibility index (Phi) is 3.85. The van der Waals surface area contributed by atoms with Gasteiger partial charge >= 0.3 is 0 Å². The Bertz CT molecular complexity index is 697. The number of anilines is 1. The standard InChI is InChI=1S/C12H13N5O4/c1-16-6-7(5-14-16)11(13)12(19)15-9-4-8(17(20)21)2-3-10(9)18/h2-6,11,18H,13H2,1H3,(H,15,19). The number of aromatic hydroxyl groups is 1. The molecule has 0 bridgehead atoms. The number of aryl methyl sites for hydroxylation is 1. The molecule has 9 heteroatoms. The van der Waals surface area contributed by atoms with Gasteiger partial charge in [0.1, 0.15) is 11.8 Å². The third-order valence-corrected chi connectivity index (χ3v) is 2.82. The van der Waals surface area contributed by atoms with Crippen molar-refractivity contribution in [2.75, 3.05) is 5.32 Å². The molecule has 0 aliphatic carbocycles. The van der Waals surface area contributed by atoms with E-state index in [1.807, 2.05) is 0 Å². The van der Waals surface area contributed by atoms with Crippen LogP contribution in [0.3, 0.4) is 0 Å². The maximum absolute atomic E-state index is 12.0. The van der Waals surface area contributed by atoms with Crippen LogP contribution in [0.25, 0.3) is 0 Å². The van der Waals surface area contributed by atoms with Crippen LogP contribution < -0.4 is 11.1 Å². The van der Waals surface area contributed by atoms with Crippen molar-refractivity contribution in [3.8, 4) is 5.75 Å². The van der Waals surface area contributed by atoms with E-state index in [1.165, 1.54) is 10.9 Å². The smallest absolute Gasteiger partial charge is 0.271 e. The molecule has 1 unspecified atom stereocenters. The predicted octanol–water partition coefficient (Wildman–Crippen LogP) is 0.672. The van der Waals surface area contributed by atoms with E-state index in [4.69, 9.17) is 5.73 Å². The number of carbonyl (C=O) groups is 1. The van der Waals surface area contributed by atoms with Gasteiger partial charge in [-0.25, -0.2) is 0 Å². The van der Waals surface area contributed by atoms with Gasteiger partial charge in [-0.05, 0) is 6.07 Å². The van der Waals surface area contributed by atoms with Crippen LogP contribution >= 0.6 is 0 Å². The van der Waals surface area contributed by atoms with E-state index in [9.17, 15) is 20.0 Å². The van der Waals surface area contributed by atoms with E-state index < -0.39 is 16.9 Å². The van der Waals surface area contributed by atoms with Gasteiger partial charge < -0.3 is 16.2 Å². The van der Waals surface area contributed by atoms with Crippen molar-refractivity contribution in [2.24, 2.45) is 12.8 Å². The number of benzene rings is 1. The number of aromatic nitrogens is 2. The van der Waals surface area contributed by atoms with Crippen molar-refractivity contribution in [3.05, 3.63) is 46.3 Å². The SMILES string of the molecule is Cn1cc(C(N)C(=O)Nc2cc([N+](=O)[O-])ccc2O)cn1. The summed E-state index contributed by atoms with van der Waals surface area (Å²) in [5, 5.41) is 26.6. The predicted molar refractivity (Wildman–Crippen MR) is 73.5 cm³/mol. The van der Waals surface area contributed by atoms with Crippen LogP contribution in [0, 0.1) is 10.1 Å². The van der Waals surface area contributed by atoms with E-state index in [2.05, 4.69) is 10.4 Å². The number of nitro groups is 1. The Morgan fingerprint density at radius 2 is 2.29 bits per heavy atom. The summed E-state index contributed by atoms with van der Waals surface area (Å²) < 4.78 is 1.49. The summed E-state index contributed by atoms with van der Waals surface area (Å²) in [5.74, 6) is -0.897. The molecule has 0 spiro atoms. The summed E-state index contributed by atoms with van der Waals surface area (Å²) >= 11 is 0. The van der Waals surface area contributed by atoms with Gasteiger partial charge in [0.2, 0.25) is 5.91 Å². The number of nitrogens with one attached hydrogen (secondary N) is 1. The van der Waals surface area contributed by atoms with Crippen molar-refractivity contribution in [2.45, 2.75) is 6.04 Å². The normalized spacial score (nSPS) is 11.9. The number of phenolic OH excluding ortho intramolecular Hbond substituents is 1. The summed E-state index contributed by atoms with van der Waals surface area (Å²) in [7, 11) is 1.68. The molecular formula is C12H13N5O4. The van der Waals surface area contributed by atoms with Gasteiger partial charge in [0.25, 0.3) is 5.69 Å². The number of nitrogens with zero attached hydrogens (tertiary/aromatic N) is 3. The Morgan fingerprint density at radius 3 is 2.86 bits per heavy atom. The zero-order valence-electron chi connectivity index (χ0n) is 11.1. The van der Waals surface area contributed by atoms with Gasteiger partial charge in [0.15, 0.2) is 0 Å². The van der Waals surface area contributed by atoms with Crippen molar-refractivity contribution in [3.63, 3.8) is 0 Å². The Morgan fingerprint density at radius 1 is 1.57 bits per heavy atom. The molecule has 1 amide bonds. The molecule has 21 heavy (non-hydrogen) atoms. The van der Waals surface area contributed by atoms with Gasteiger partial charge in [-0.15, -0.1) is 0 Å². The third kappa shape index (κ3) is 3.15. The highest BCUT2D eigenvalue weighted by Gasteiger charge is 2.20. The number of phenols is 1. The first-order valence-electron chi connectivity index (χ1n) is 5.91. The monoisotopic (exact) mass is 291 g/mol. The van der Waals surface area contributed by atoms with Crippen LogP contribution in [0.5, 0.6) is 5.75 Å². The molecule has 110 valence electrons. The van der Waals surface area contributed by atoms with E-state index in [0.29, 0.717) is 5.56 Å². The molecule has 4 N–H and O–H groups in total. The van der Waals surface area contributed by atoms with E-state index >= 15 is 0 Å². The number of hydrogen-bond acceptors (Lipinski definition) is 6. The lowest BCUT2D eigenvalue weighted by molar-refractivity contribution is -0.384. The van der Waals surface area contributed by atoms with E-state index in [0.717, 1.165) is 18.2 Å². The zero-order valence-corrected chi connectivity index (χ0v) is 11.1. The van der Waals surface area contributed by atoms with Crippen molar-refractivity contribution in [1.29, 1.82) is 0 Å². The Hall–Kier alpha value is -2.94. The molecule has 9 nitrogen and oxygen atoms in total. The number of carbonyl (C=O) groups excluding carboxylic acids is 1. The van der Waals surface area contributed by atoms with Crippen LogP contribution in [-0.2, 0) is 11.8 Å². The summed E-state index contributed by atoms with van der Waals surface area (Å²) in [6.45, 7) is 0. The van der Waals surface area contributed by atoms with Crippen LogP contribution in [-0.4, -0.2) is 25.7 Å². The molecule has 2 rings (SSSR count). The lowest BCUT2D eigenvalue weighted by Crippen LogP contribution is -2.27. The van der Waals surface area contributed by atoms with Crippen LogP contribution in [0.2, 0.25) is 0 Å². The summed E-state index contributed by atoms with van der Waals surface area (Å²) in [6.07, 6.45) is 3.02. The van der Waals surface area contributed by atoms with Crippen molar-refractivity contribution < 1.29 is 14.8 Å². The second-order valence-electron chi connectivity index (χ2n) is 4.37. The minimum Gasteiger partial charge on any atom is -0.506 e. The lowest BCUT2D eigenvalue weighted by atomic mass is 10.1. The third-order valence-electron chi connectivity index (χ3n) is 2.82. The average molecular weight is 291 g/mol. The average Bonchev–Trinajstić information content (AvgIpc) is 2.86. The maximum Gasteiger partial charge on any atom is 0.271 e. The number of hydrogen-bond donors (Lipinski definition) is 3. The first-order valence-corrected chi connectivity index (χ1v) is 5.91. The molecule has 0 radical (unpaired) electrons. The quantitative estimate of drug-likeness (QED) is 0.430. The summed E-state index contributed by atoms with van der Waals surface area (Å²) in [6, 6.07) is 2.32. The van der Waals surface area contributed by atoms with E-state index in [-0.39, 0.29) is 17.1 Å². The minimum atomic E-state index is -1.00. The van der Waals surface area contributed by atoms with Gasteiger partial charge in [-0.3, -0.25) is 19.6 Å². The number of nitro benzene ring substituents is 1. The topological polar surface area (TPSA) is 136 Å². The molecule has 0 saturated heterocycles. The lowest BCUT2D eigenvalue weighted by Gasteiger charge is -2.11. The second kappa shape index (κ2) is 5.59. The fourth-order valence-corrected chi connectivity index (χ4v) is 1.70. The Balaban J connectivity index is 2.19. The number of amides is 1. The molecule has 1 heterocycles. The molecule has 2 aromatic rings. The molecule has 1 atom stereocenters. The highest BCUT2D eigenvalue weighted by atomic mass is 16.6. The highest BCUT2D eigenvalue weighted by Crippen LogP contribution is 2.28. The van der Waals surface area contributed by atoms with Gasteiger partial charge in [0.05, 0.1) is 16.8 Å². The number of non-ortho nitro benzene ring substituents is 1. The fraction of sp³-hybridized carbons (Fsp3) is 0.167. The highest BCUT2D eigenvalue weighted by molar-refractivity contribution is 5.96. The number of rotatable bonds is 4. The van der Waals surface area contributed by atoms with Gasteiger partial charge in [0, 0.05) is 30.9 Å². The van der Waals surface area contributed by atoms with Crippen LogP contribution in [0.15, 0.2) is 30.6 Å². The molecule has 0 aliphatic heterocycles. The largest absolute Gasteiger partial charge is 0.506 e. The van der Waals surface area contributed by atoms with Crippen LogP contribution in [0.4, 0.5) is 11.4 Å². The first kappa shape index (κ1) is 14.5. The van der Waals surface area contributed by atoms with Gasteiger partial charge in [-0.2, -0.15) is 5.10 Å². The maximum atomic E-state index is 12.0. The summed E-state index contributed by atoms with van der Waals surface area (Å²) in [4.78, 5) is 22.1. The fourth-order valence-electron chi connectivity index (χ4n) is 1.70. The second-order valence-corrected chi connectivity index (χ2v) is 4.37. The summed E-state index contributed by atoms with van der Waals surface area (Å²) in [5.41, 5.74) is 5.93. The molecular weight excluding hydrogens is 278 g/mol. The molecule has 0 fully saturated rings. The van der Waals surface area contributed by atoms with Crippen molar-refractivity contribution in [1.82, 2.24) is 9.78 Å². The van der Waals surface area contributed by atoms with E-state index in [1.54, 1.807) is 13.2 Å². The van der Waals surface area contributed by atoms with Crippen LogP contribution in [0.1, 0.15) is 11.6 Å².